The van der Waals surface area contributed by atoms with Gasteiger partial charge >= 0.3 is 0 Å². The molecule has 0 radical (unpaired) electrons. The van der Waals surface area contributed by atoms with E-state index in [0.29, 0.717) is 16.8 Å². The molecule has 122 valence electrons. The van der Waals surface area contributed by atoms with E-state index in [-0.39, 0.29) is 12.5 Å². The third-order valence-corrected chi connectivity index (χ3v) is 4.44. The monoisotopic (exact) mass is 350 g/mol. The van der Waals surface area contributed by atoms with E-state index in [1.807, 2.05) is 18.4 Å². The molecule has 0 heterocycles. The third-order valence-electron chi connectivity index (χ3n) is 3.10. The minimum absolute atomic E-state index is 0.202. The van der Waals surface area contributed by atoms with Crippen molar-refractivity contribution >= 4 is 33.4 Å². The molecule has 0 bridgehead atoms. The van der Waals surface area contributed by atoms with Crippen LogP contribution in [-0.2, 0) is 16.6 Å². The molecule has 7 heteroatoms. The molecule has 0 aliphatic heterocycles. The summed E-state index contributed by atoms with van der Waals surface area (Å²) >= 11 is 1.61. The van der Waals surface area contributed by atoms with E-state index in [2.05, 4.69) is 10.0 Å². The Labute approximate surface area is 140 Å². The van der Waals surface area contributed by atoms with Crippen molar-refractivity contribution in [1.82, 2.24) is 5.32 Å². The maximum atomic E-state index is 12.2. The maximum absolute atomic E-state index is 12.2. The highest BCUT2D eigenvalue weighted by Crippen LogP contribution is 2.17. The number of para-hydroxylation sites is 1. The van der Waals surface area contributed by atoms with Crippen LogP contribution < -0.4 is 10.0 Å². The van der Waals surface area contributed by atoms with Crippen molar-refractivity contribution in [3.8, 4) is 0 Å². The predicted octanol–water partition coefficient (Wildman–Crippen LogP) is 2.71. The summed E-state index contributed by atoms with van der Waals surface area (Å²) in [5, 5.41) is 2.80. The number of thioether (sulfide) groups is 1. The molecule has 2 aromatic rings. The van der Waals surface area contributed by atoms with Gasteiger partial charge in [0.05, 0.1) is 11.9 Å². The smallest absolute Gasteiger partial charge is 0.251 e. The summed E-state index contributed by atoms with van der Waals surface area (Å²) in [5.74, 6) is -0.202. The average molecular weight is 350 g/mol. The number of anilines is 1. The summed E-state index contributed by atoms with van der Waals surface area (Å²) < 4.78 is 25.2. The van der Waals surface area contributed by atoms with Gasteiger partial charge in [0.2, 0.25) is 10.0 Å². The number of rotatable bonds is 6. The SMILES string of the molecule is CSc1ccc(C(=O)NCc2ccccc2NS(C)(=O)=O)cc1. The Bertz CT molecular complexity index is 787. The molecule has 2 N–H and O–H groups in total. The number of carbonyl (C=O) groups excluding carboxylic acids is 1. The van der Waals surface area contributed by atoms with Gasteiger partial charge in [0, 0.05) is 17.0 Å². The molecule has 23 heavy (non-hydrogen) atoms. The lowest BCUT2D eigenvalue weighted by molar-refractivity contribution is 0.0951. The number of hydrogen-bond acceptors (Lipinski definition) is 4. The van der Waals surface area contributed by atoms with Crippen LogP contribution in [0.15, 0.2) is 53.4 Å². The quantitative estimate of drug-likeness (QED) is 0.786. The van der Waals surface area contributed by atoms with Crippen LogP contribution in [0, 0.1) is 0 Å². The van der Waals surface area contributed by atoms with Gasteiger partial charge < -0.3 is 5.32 Å². The van der Waals surface area contributed by atoms with Crippen molar-refractivity contribution in [3.05, 3.63) is 59.7 Å². The van der Waals surface area contributed by atoms with E-state index >= 15 is 0 Å². The third kappa shape index (κ3) is 5.30. The van der Waals surface area contributed by atoms with Gasteiger partial charge in [-0.2, -0.15) is 0 Å². The first-order chi connectivity index (χ1) is 10.9. The zero-order valence-corrected chi connectivity index (χ0v) is 14.5. The van der Waals surface area contributed by atoms with Crippen molar-refractivity contribution in [3.63, 3.8) is 0 Å². The van der Waals surface area contributed by atoms with Gasteiger partial charge in [-0.3, -0.25) is 9.52 Å². The molecule has 5 nitrogen and oxygen atoms in total. The van der Waals surface area contributed by atoms with Crippen molar-refractivity contribution in [2.45, 2.75) is 11.4 Å². The molecule has 0 saturated carbocycles. The molecular weight excluding hydrogens is 332 g/mol. The van der Waals surface area contributed by atoms with E-state index in [1.54, 1.807) is 48.2 Å². The Kier molecular flexibility index (Phi) is 5.68. The summed E-state index contributed by atoms with van der Waals surface area (Å²) in [6.45, 7) is 0.238. The van der Waals surface area contributed by atoms with Crippen molar-refractivity contribution in [2.75, 3.05) is 17.2 Å². The molecule has 0 atom stereocenters. The van der Waals surface area contributed by atoms with Crippen molar-refractivity contribution in [2.24, 2.45) is 0 Å². The first-order valence-electron chi connectivity index (χ1n) is 6.87. The fraction of sp³-hybridized carbons (Fsp3) is 0.188. The second kappa shape index (κ2) is 7.52. The van der Waals surface area contributed by atoms with E-state index < -0.39 is 10.0 Å². The summed E-state index contributed by atoms with van der Waals surface area (Å²) in [6, 6.07) is 14.3. The Morgan fingerprint density at radius 1 is 1.09 bits per heavy atom. The van der Waals surface area contributed by atoms with Crippen LogP contribution in [0.4, 0.5) is 5.69 Å². The Morgan fingerprint density at radius 2 is 1.74 bits per heavy atom. The Balaban J connectivity index is 2.06. The van der Waals surface area contributed by atoms with Gasteiger partial charge in [0.25, 0.3) is 5.91 Å². The molecule has 0 fully saturated rings. The van der Waals surface area contributed by atoms with Gasteiger partial charge in [-0.15, -0.1) is 11.8 Å². The van der Waals surface area contributed by atoms with E-state index in [1.165, 1.54) is 0 Å². The molecule has 0 saturated heterocycles. The van der Waals surface area contributed by atoms with Gasteiger partial charge in [-0.1, -0.05) is 18.2 Å². The largest absolute Gasteiger partial charge is 0.348 e. The lowest BCUT2D eigenvalue weighted by atomic mass is 10.1. The van der Waals surface area contributed by atoms with Crippen LogP contribution in [0.1, 0.15) is 15.9 Å². The lowest BCUT2D eigenvalue weighted by Crippen LogP contribution is -2.23. The van der Waals surface area contributed by atoms with Crippen molar-refractivity contribution in [1.29, 1.82) is 0 Å². The highest BCUT2D eigenvalue weighted by atomic mass is 32.2. The minimum atomic E-state index is -3.36. The standard InChI is InChI=1S/C16H18N2O3S2/c1-22-14-9-7-12(8-10-14)16(19)17-11-13-5-3-4-6-15(13)18-23(2,20)21/h3-10,18H,11H2,1-2H3,(H,17,19). The van der Waals surface area contributed by atoms with Gasteiger partial charge in [-0.05, 0) is 42.2 Å². The topological polar surface area (TPSA) is 75.3 Å². The number of nitrogens with one attached hydrogen (secondary N) is 2. The molecule has 0 aromatic heterocycles. The predicted molar refractivity (Wildman–Crippen MR) is 94.3 cm³/mol. The minimum Gasteiger partial charge on any atom is -0.348 e. The number of hydrogen-bond donors (Lipinski definition) is 2. The second-order valence-corrected chi connectivity index (χ2v) is 7.57. The van der Waals surface area contributed by atoms with Gasteiger partial charge in [-0.25, -0.2) is 8.42 Å². The van der Waals surface area contributed by atoms with Crippen LogP contribution in [0.5, 0.6) is 0 Å². The summed E-state index contributed by atoms with van der Waals surface area (Å²) in [6.07, 6.45) is 3.07. The zero-order chi connectivity index (χ0) is 16.9. The highest BCUT2D eigenvalue weighted by Gasteiger charge is 2.09. The molecule has 0 unspecified atom stereocenters. The number of benzene rings is 2. The molecule has 1 amide bonds. The average Bonchev–Trinajstić information content (AvgIpc) is 2.52. The first-order valence-corrected chi connectivity index (χ1v) is 9.98. The summed E-state index contributed by atoms with van der Waals surface area (Å²) in [5.41, 5.74) is 1.73. The van der Waals surface area contributed by atoms with Crippen LogP contribution >= 0.6 is 11.8 Å². The van der Waals surface area contributed by atoms with Crippen LogP contribution in [0.3, 0.4) is 0 Å². The molecule has 0 aliphatic carbocycles. The number of amides is 1. The van der Waals surface area contributed by atoms with Gasteiger partial charge in [0.15, 0.2) is 0 Å². The molecule has 2 aromatic carbocycles. The fourth-order valence-electron chi connectivity index (χ4n) is 1.99. The normalized spacial score (nSPS) is 11.0. The molecule has 2 rings (SSSR count). The van der Waals surface area contributed by atoms with Crippen LogP contribution in [0.25, 0.3) is 0 Å². The first kappa shape index (κ1) is 17.4. The maximum Gasteiger partial charge on any atom is 0.251 e. The zero-order valence-electron chi connectivity index (χ0n) is 12.9. The molecular formula is C16H18N2O3S2. The van der Waals surface area contributed by atoms with Crippen LogP contribution in [-0.4, -0.2) is 26.8 Å². The summed E-state index contributed by atoms with van der Waals surface area (Å²) in [4.78, 5) is 13.2. The van der Waals surface area contributed by atoms with Crippen molar-refractivity contribution < 1.29 is 13.2 Å². The summed E-state index contributed by atoms with van der Waals surface area (Å²) in [7, 11) is -3.36. The fourth-order valence-corrected chi connectivity index (χ4v) is 3.00. The molecule has 0 aliphatic rings. The van der Waals surface area contributed by atoms with E-state index in [9.17, 15) is 13.2 Å². The van der Waals surface area contributed by atoms with E-state index in [4.69, 9.17) is 0 Å². The van der Waals surface area contributed by atoms with E-state index in [0.717, 1.165) is 11.2 Å². The second-order valence-electron chi connectivity index (χ2n) is 4.94. The number of sulfonamides is 1. The molecule has 0 spiro atoms. The Morgan fingerprint density at radius 3 is 2.35 bits per heavy atom. The Hall–Kier alpha value is -1.99. The van der Waals surface area contributed by atoms with Crippen LogP contribution in [0.2, 0.25) is 0 Å². The number of carbonyl (C=O) groups is 1. The van der Waals surface area contributed by atoms with Gasteiger partial charge in [0.1, 0.15) is 0 Å². The highest BCUT2D eigenvalue weighted by molar-refractivity contribution is 7.98. The lowest BCUT2D eigenvalue weighted by Gasteiger charge is -2.11.